The number of thioether (sulfide) groups is 1. The van der Waals surface area contributed by atoms with Gasteiger partial charge in [-0.3, -0.25) is 4.79 Å². The van der Waals surface area contributed by atoms with E-state index in [1.54, 1.807) is 12.5 Å². The summed E-state index contributed by atoms with van der Waals surface area (Å²) >= 11 is 7.48. The van der Waals surface area contributed by atoms with Crippen LogP contribution in [0.25, 0.3) is 0 Å². The number of amides is 1. The molecule has 0 radical (unpaired) electrons. The number of furan rings is 2. The van der Waals surface area contributed by atoms with Crippen LogP contribution in [-0.4, -0.2) is 22.4 Å². The maximum atomic E-state index is 12.8. The molecule has 0 bridgehead atoms. The number of carbonyl (C=O) groups is 1. The van der Waals surface area contributed by atoms with Gasteiger partial charge < -0.3 is 8.83 Å². The standard InChI is InChI=1S/C20H17ClN2O3S/c21-15-7-5-14(6-8-15)17-11-18(19-4-2-10-26-19)23(22-17)20(24)13-27-12-16-3-1-9-25-16/h1-10,18H,11-13H2. The number of rotatable bonds is 6. The Hall–Kier alpha value is -2.44. The normalized spacial score (nSPS) is 16.6. The lowest BCUT2D eigenvalue weighted by Crippen LogP contribution is -2.28. The van der Waals surface area contributed by atoms with E-state index in [1.165, 1.54) is 16.8 Å². The molecule has 27 heavy (non-hydrogen) atoms. The number of hydrogen-bond acceptors (Lipinski definition) is 5. The number of halogens is 1. The molecule has 138 valence electrons. The van der Waals surface area contributed by atoms with E-state index in [1.807, 2.05) is 48.5 Å². The van der Waals surface area contributed by atoms with Crippen LogP contribution in [0.5, 0.6) is 0 Å². The number of nitrogens with zero attached hydrogens (tertiary/aromatic N) is 2. The molecular formula is C20H17ClN2O3S. The van der Waals surface area contributed by atoms with Crippen molar-refractivity contribution in [3.63, 3.8) is 0 Å². The summed E-state index contributed by atoms with van der Waals surface area (Å²) in [6.45, 7) is 0. The molecule has 3 heterocycles. The topological polar surface area (TPSA) is 59.0 Å². The molecule has 1 aliphatic rings. The van der Waals surface area contributed by atoms with E-state index in [0.29, 0.717) is 22.9 Å². The summed E-state index contributed by atoms with van der Waals surface area (Å²) < 4.78 is 10.9. The van der Waals surface area contributed by atoms with Crippen molar-refractivity contribution in [2.45, 2.75) is 18.2 Å². The smallest absolute Gasteiger partial charge is 0.253 e. The first kappa shape index (κ1) is 17.9. The summed E-state index contributed by atoms with van der Waals surface area (Å²) in [4.78, 5) is 12.8. The van der Waals surface area contributed by atoms with Crippen LogP contribution < -0.4 is 0 Å². The summed E-state index contributed by atoms with van der Waals surface area (Å²) in [5.74, 6) is 2.48. The summed E-state index contributed by atoms with van der Waals surface area (Å²) in [5, 5.41) is 6.81. The minimum atomic E-state index is -0.234. The summed E-state index contributed by atoms with van der Waals surface area (Å²) in [6, 6.07) is 14.7. The van der Waals surface area contributed by atoms with E-state index in [2.05, 4.69) is 5.10 Å². The molecule has 4 rings (SSSR count). The third kappa shape index (κ3) is 4.12. The van der Waals surface area contributed by atoms with Crippen LogP contribution in [0.3, 0.4) is 0 Å². The molecule has 2 aromatic heterocycles. The largest absolute Gasteiger partial charge is 0.468 e. The SMILES string of the molecule is O=C(CSCc1ccco1)N1N=C(c2ccc(Cl)cc2)CC1c1ccco1. The molecule has 0 spiro atoms. The van der Waals surface area contributed by atoms with Crippen LogP contribution in [0.2, 0.25) is 5.02 Å². The second-order valence-corrected chi connectivity index (χ2v) is 7.52. The Bertz CT molecular complexity index is 921. The van der Waals surface area contributed by atoms with Crippen molar-refractivity contribution in [1.29, 1.82) is 0 Å². The molecule has 1 unspecified atom stereocenters. The van der Waals surface area contributed by atoms with Crippen molar-refractivity contribution < 1.29 is 13.6 Å². The Morgan fingerprint density at radius 3 is 2.63 bits per heavy atom. The average Bonchev–Trinajstić information content (AvgIpc) is 3.43. The molecule has 0 saturated heterocycles. The Morgan fingerprint density at radius 1 is 1.15 bits per heavy atom. The van der Waals surface area contributed by atoms with Crippen molar-refractivity contribution in [3.8, 4) is 0 Å². The van der Waals surface area contributed by atoms with Gasteiger partial charge in [-0.2, -0.15) is 5.10 Å². The quantitative estimate of drug-likeness (QED) is 0.575. The zero-order valence-electron chi connectivity index (χ0n) is 14.4. The lowest BCUT2D eigenvalue weighted by atomic mass is 10.0. The maximum Gasteiger partial charge on any atom is 0.253 e. The van der Waals surface area contributed by atoms with E-state index < -0.39 is 0 Å². The maximum absolute atomic E-state index is 12.8. The van der Waals surface area contributed by atoms with E-state index >= 15 is 0 Å². The highest BCUT2D eigenvalue weighted by Gasteiger charge is 2.34. The lowest BCUT2D eigenvalue weighted by Gasteiger charge is -2.19. The second kappa shape index (κ2) is 8.06. The number of hydrogen-bond donors (Lipinski definition) is 0. The van der Waals surface area contributed by atoms with Gasteiger partial charge in [-0.05, 0) is 42.0 Å². The van der Waals surface area contributed by atoms with Crippen LogP contribution >= 0.6 is 23.4 Å². The Labute approximate surface area is 166 Å². The first-order valence-corrected chi connectivity index (χ1v) is 10.0. The van der Waals surface area contributed by atoms with Gasteiger partial charge in [0.15, 0.2) is 0 Å². The Balaban J connectivity index is 1.50. The van der Waals surface area contributed by atoms with E-state index in [9.17, 15) is 4.79 Å². The van der Waals surface area contributed by atoms with Gasteiger partial charge in [0, 0.05) is 11.4 Å². The highest BCUT2D eigenvalue weighted by atomic mass is 35.5. The molecule has 1 aromatic carbocycles. The van der Waals surface area contributed by atoms with Gasteiger partial charge in [0.25, 0.3) is 5.91 Å². The second-order valence-electron chi connectivity index (χ2n) is 6.10. The van der Waals surface area contributed by atoms with E-state index in [0.717, 1.165) is 22.8 Å². The van der Waals surface area contributed by atoms with Crippen molar-refractivity contribution >= 4 is 35.0 Å². The monoisotopic (exact) mass is 400 g/mol. The molecule has 1 aliphatic heterocycles. The van der Waals surface area contributed by atoms with Gasteiger partial charge in [-0.15, -0.1) is 11.8 Å². The third-order valence-electron chi connectivity index (χ3n) is 4.26. The molecule has 1 amide bonds. The number of benzene rings is 1. The lowest BCUT2D eigenvalue weighted by molar-refractivity contribution is -0.130. The molecule has 0 N–H and O–H groups in total. The van der Waals surface area contributed by atoms with Crippen molar-refractivity contribution in [2.24, 2.45) is 5.10 Å². The molecule has 0 saturated carbocycles. The van der Waals surface area contributed by atoms with E-state index in [4.69, 9.17) is 20.4 Å². The Morgan fingerprint density at radius 2 is 1.93 bits per heavy atom. The first-order chi connectivity index (χ1) is 13.2. The van der Waals surface area contributed by atoms with E-state index in [-0.39, 0.29) is 11.9 Å². The fraction of sp³-hybridized carbons (Fsp3) is 0.200. The molecule has 0 aliphatic carbocycles. The van der Waals surface area contributed by atoms with Crippen molar-refractivity contribution in [3.05, 3.63) is 83.2 Å². The molecule has 5 nitrogen and oxygen atoms in total. The first-order valence-electron chi connectivity index (χ1n) is 8.50. The molecular weight excluding hydrogens is 384 g/mol. The summed E-state index contributed by atoms with van der Waals surface area (Å²) in [5.41, 5.74) is 1.80. The van der Waals surface area contributed by atoms with Gasteiger partial charge >= 0.3 is 0 Å². The van der Waals surface area contributed by atoms with Crippen LogP contribution in [0.4, 0.5) is 0 Å². The third-order valence-corrected chi connectivity index (χ3v) is 5.46. The van der Waals surface area contributed by atoms with Crippen LogP contribution in [0.1, 0.15) is 29.5 Å². The van der Waals surface area contributed by atoms with Gasteiger partial charge in [0.05, 0.1) is 29.7 Å². The van der Waals surface area contributed by atoms with Gasteiger partial charge in [0.2, 0.25) is 0 Å². The van der Waals surface area contributed by atoms with Crippen molar-refractivity contribution in [1.82, 2.24) is 5.01 Å². The minimum Gasteiger partial charge on any atom is -0.468 e. The van der Waals surface area contributed by atoms with Crippen LogP contribution in [-0.2, 0) is 10.5 Å². The molecule has 3 aromatic rings. The molecule has 0 fully saturated rings. The zero-order valence-corrected chi connectivity index (χ0v) is 15.9. The van der Waals surface area contributed by atoms with Crippen LogP contribution in [0.15, 0.2) is 75.0 Å². The average molecular weight is 401 g/mol. The fourth-order valence-corrected chi connectivity index (χ4v) is 3.86. The predicted octanol–water partition coefficient (Wildman–Crippen LogP) is 5.14. The highest BCUT2D eigenvalue weighted by Crippen LogP contribution is 2.33. The van der Waals surface area contributed by atoms with Gasteiger partial charge in [0.1, 0.15) is 17.6 Å². The summed E-state index contributed by atoms with van der Waals surface area (Å²) in [6.07, 6.45) is 3.85. The fourth-order valence-electron chi connectivity index (χ4n) is 2.96. The van der Waals surface area contributed by atoms with Gasteiger partial charge in [-0.1, -0.05) is 23.7 Å². The molecule has 1 atom stereocenters. The van der Waals surface area contributed by atoms with Crippen molar-refractivity contribution in [2.75, 3.05) is 5.75 Å². The number of carbonyl (C=O) groups excluding carboxylic acids is 1. The van der Waals surface area contributed by atoms with Crippen LogP contribution in [0, 0.1) is 0 Å². The predicted molar refractivity (Wildman–Crippen MR) is 106 cm³/mol. The minimum absolute atomic E-state index is 0.0584. The summed E-state index contributed by atoms with van der Waals surface area (Å²) in [7, 11) is 0. The highest BCUT2D eigenvalue weighted by molar-refractivity contribution is 7.99. The number of hydrazone groups is 1. The zero-order chi connectivity index (χ0) is 18.6. The molecule has 7 heteroatoms. The van der Waals surface area contributed by atoms with Gasteiger partial charge in [-0.25, -0.2) is 5.01 Å². The Kier molecular flexibility index (Phi) is 5.36.